The molecule has 0 N–H and O–H groups in total. The van der Waals surface area contributed by atoms with Gasteiger partial charge in [0.1, 0.15) is 18.2 Å². The van der Waals surface area contributed by atoms with Gasteiger partial charge in [0.25, 0.3) is 0 Å². The molecule has 220 valence electrons. The predicted molar refractivity (Wildman–Crippen MR) is 141 cm³/mol. The number of aryl methyl sites for hydroxylation is 1. The van der Waals surface area contributed by atoms with Crippen LogP contribution in [-0.4, -0.2) is 52.7 Å². The number of halogens is 3. The van der Waals surface area contributed by atoms with Gasteiger partial charge in [-0.1, -0.05) is 44.2 Å². The zero-order valence-corrected chi connectivity index (χ0v) is 23.7. The van der Waals surface area contributed by atoms with Gasteiger partial charge in [0.05, 0.1) is 5.56 Å². The largest absolute Gasteiger partial charge is 0.458 e. The molecule has 0 saturated heterocycles. The number of benzene rings is 1. The highest BCUT2D eigenvalue weighted by atomic mass is 19.4. The van der Waals surface area contributed by atoms with E-state index in [1.54, 1.807) is 45.0 Å². The van der Waals surface area contributed by atoms with E-state index in [1.807, 2.05) is 19.9 Å². The van der Waals surface area contributed by atoms with Crippen molar-refractivity contribution in [1.29, 1.82) is 0 Å². The molecular weight excluding hydrogens is 529 g/mol. The third-order valence-corrected chi connectivity index (χ3v) is 5.68. The third-order valence-electron chi connectivity index (χ3n) is 5.68. The van der Waals surface area contributed by atoms with Crippen LogP contribution in [0.4, 0.5) is 18.0 Å². The van der Waals surface area contributed by atoms with Gasteiger partial charge in [-0.05, 0) is 57.2 Å². The fourth-order valence-corrected chi connectivity index (χ4v) is 3.60. The number of esters is 2. The minimum atomic E-state index is -4.53. The van der Waals surface area contributed by atoms with E-state index in [2.05, 4.69) is 4.98 Å². The Hall–Kier alpha value is -3.63. The van der Waals surface area contributed by atoms with E-state index in [9.17, 15) is 27.6 Å². The number of likely N-dealkylation sites (N-methyl/N-ethyl adjacent to an activating group) is 1. The van der Waals surface area contributed by atoms with Crippen LogP contribution in [0.5, 0.6) is 0 Å². The maximum absolute atomic E-state index is 13.3. The Balaban J connectivity index is 2.22. The molecule has 2 atom stereocenters. The zero-order chi connectivity index (χ0) is 30.1. The quantitative estimate of drug-likeness (QED) is 0.244. The molecule has 2 rings (SSSR count). The van der Waals surface area contributed by atoms with Crippen LogP contribution >= 0.6 is 0 Å². The van der Waals surface area contributed by atoms with Crippen molar-refractivity contribution in [3.8, 4) is 0 Å². The lowest BCUT2D eigenvalue weighted by molar-refractivity contribution is -0.172. The van der Waals surface area contributed by atoms with Crippen molar-refractivity contribution in [2.24, 2.45) is 5.92 Å². The first kappa shape index (κ1) is 32.6. The molecule has 11 heteroatoms. The summed E-state index contributed by atoms with van der Waals surface area (Å²) >= 11 is 0. The lowest BCUT2D eigenvalue weighted by atomic mass is 10.0. The number of carbonyl (C=O) groups is 3. The molecule has 0 aliphatic carbocycles. The minimum Gasteiger partial charge on any atom is -0.458 e. The number of hydrogen-bond donors (Lipinski definition) is 0. The van der Waals surface area contributed by atoms with Crippen LogP contribution < -0.4 is 0 Å². The second-order valence-corrected chi connectivity index (χ2v) is 10.8. The number of rotatable bonds is 11. The van der Waals surface area contributed by atoms with Crippen LogP contribution in [0.2, 0.25) is 0 Å². The van der Waals surface area contributed by atoms with Gasteiger partial charge in [-0.2, -0.15) is 13.2 Å². The number of amides is 1. The number of carbonyl (C=O) groups excluding carboxylic acids is 3. The normalized spacial score (nSPS) is 13.3. The van der Waals surface area contributed by atoms with Gasteiger partial charge in [-0.3, -0.25) is 9.88 Å². The molecule has 0 saturated carbocycles. The van der Waals surface area contributed by atoms with E-state index in [1.165, 1.54) is 13.1 Å². The number of pyridine rings is 1. The van der Waals surface area contributed by atoms with E-state index in [4.69, 9.17) is 14.2 Å². The van der Waals surface area contributed by atoms with Crippen LogP contribution in [0, 0.1) is 5.92 Å². The molecule has 40 heavy (non-hydrogen) atoms. The van der Waals surface area contributed by atoms with E-state index >= 15 is 0 Å². The number of nitrogens with zero attached hydrogens (tertiary/aromatic N) is 2. The summed E-state index contributed by atoms with van der Waals surface area (Å²) in [5, 5.41) is 0. The molecular formula is C29H37F3N2O6. The molecule has 8 nitrogen and oxygen atoms in total. The van der Waals surface area contributed by atoms with E-state index < -0.39 is 47.5 Å². The van der Waals surface area contributed by atoms with Crippen molar-refractivity contribution >= 4 is 18.0 Å². The van der Waals surface area contributed by atoms with Gasteiger partial charge in [0.2, 0.25) is 0 Å². The molecule has 0 spiro atoms. The lowest BCUT2D eigenvalue weighted by Gasteiger charge is -2.31. The molecule has 0 aliphatic heterocycles. The minimum absolute atomic E-state index is 0.0118. The second-order valence-electron chi connectivity index (χ2n) is 10.8. The summed E-state index contributed by atoms with van der Waals surface area (Å²) < 4.78 is 55.0. The molecule has 0 aliphatic rings. The topological polar surface area (TPSA) is 95.0 Å². The van der Waals surface area contributed by atoms with Gasteiger partial charge in [-0.25, -0.2) is 14.4 Å². The number of alkyl halides is 3. The van der Waals surface area contributed by atoms with Crippen molar-refractivity contribution in [3.05, 3.63) is 65.5 Å². The van der Waals surface area contributed by atoms with Crippen molar-refractivity contribution < 1.29 is 41.8 Å². The highest BCUT2D eigenvalue weighted by molar-refractivity contribution is 5.84. The lowest BCUT2D eigenvalue weighted by Crippen LogP contribution is -2.47. The van der Waals surface area contributed by atoms with Crippen LogP contribution in [0.3, 0.4) is 0 Å². The maximum atomic E-state index is 13.3. The Kier molecular flexibility index (Phi) is 11.5. The Morgan fingerprint density at radius 2 is 1.62 bits per heavy atom. The number of ether oxygens (including phenoxy) is 3. The average Bonchev–Trinajstić information content (AvgIpc) is 2.87. The maximum Gasteiger partial charge on any atom is 0.417 e. The molecule has 1 heterocycles. The molecule has 1 amide bonds. The van der Waals surface area contributed by atoms with Crippen LogP contribution in [0.15, 0.2) is 48.7 Å². The van der Waals surface area contributed by atoms with Crippen LogP contribution in [0.1, 0.15) is 64.3 Å². The summed E-state index contributed by atoms with van der Waals surface area (Å²) in [6, 6.07) is 9.93. The number of hydrogen-bond acceptors (Lipinski definition) is 7. The summed E-state index contributed by atoms with van der Waals surface area (Å²) in [7, 11) is 1.41. The predicted octanol–water partition coefficient (Wildman–Crippen LogP) is 5.97. The summed E-state index contributed by atoms with van der Waals surface area (Å²) in [6.45, 7) is 8.75. The first-order chi connectivity index (χ1) is 18.6. The fraction of sp³-hybridized carbons (Fsp3) is 0.517. The molecule has 0 unspecified atom stereocenters. The van der Waals surface area contributed by atoms with Crippen molar-refractivity contribution in [2.75, 3.05) is 7.05 Å². The Bertz CT molecular complexity index is 1120. The van der Waals surface area contributed by atoms with Crippen molar-refractivity contribution in [1.82, 2.24) is 9.88 Å². The molecule has 1 aromatic heterocycles. The zero-order valence-electron chi connectivity index (χ0n) is 23.7. The first-order valence-electron chi connectivity index (χ1n) is 13.0. The fourth-order valence-electron chi connectivity index (χ4n) is 3.60. The molecule has 1 aromatic carbocycles. The van der Waals surface area contributed by atoms with E-state index in [0.717, 1.165) is 11.0 Å². The van der Waals surface area contributed by atoms with Crippen LogP contribution in [-0.2, 0) is 43.0 Å². The highest BCUT2D eigenvalue weighted by Crippen LogP contribution is 2.28. The number of aromatic nitrogens is 1. The standard InChI is InChI=1S/C29H37F3N2O6/c1-19(2)16-23(34(6)27(37)40-28(3,4)5)25(35)39-24(26(36)38-18-20-10-8-7-9-11-20)15-14-22-13-12-21(17-33-22)29(30,31)32/h7-13,17,19,23-24H,14-16,18H2,1-6H3/t23-,24+/m0/s1. The smallest absolute Gasteiger partial charge is 0.417 e. The first-order valence-corrected chi connectivity index (χ1v) is 13.0. The SMILES string of the molecule is CC(C)C[C@@H](C(=O)O[C@H](CCc1ccc(C(F)(F)F)cn1)C(=O)OCc1ccccc1)N(C)C(=O)OC(C)(C)C. The molecule has 0 fully saturated rings. The van der Waals surface area contributed by atoms with Crippen molar-refractivity contribution in [2.45, 2.75) is 84.4 Å². The third kappa shape index (κ3) is 10.9. The van der Waals surface area contributed by atoms with Gasteiger partial charge < -0.3 is 14.2 Å². The van der Waals surface area contributed by atoms with Gasteiger partial charge in [0.15, 0.2) is 6.10 Å². The summed E-state index contributed by atoms with van der Waals surface area (Å²) in [5.41, 5.74) is -0.707. The second kappa shape index (κ2) is 14.1. The molecule has 0 radical (unpaired) electrons. The molecule has 2 aromatic rings. The van der Waals surface area contributed by atoms with Crippen LogP contribution in [0.25, 0.3) is 0 Å². The van der Waals surface area contributed by atoms with Gasteiger partial charge >= 0.3 is 24.2 Å². The van der Waals surface area contributed by atoms with Crippen molar-refractivity contribution in [3.63, 3.8) is 0 Å². The summed E-state index contributed by atoms with van der Waals surface area (Å²) in [5.74, 6) is -1.67. The van der Waals surface area contributed by atoms with E-state index in [0.29, 0.717) is 11.8 Å². The Labute approximate surface area is 232 Å². The Morgan fingerprint density at radius 1 is 0.975 bits per heavy atom. The summed E-state index contributed by atoms with van der Waals surface area (Å²) in [4.78, 5) is 44.0. The van der Waals surface area contributed by atoms with Gasteiger partial charge in [0, 0.05) is 25.4 Å². The highest BCUT2D eigenvalue weighted by Gasteiger charge is 2.35. The average molecular weight is 567 g/mol. The monoisotopic (exact) mass is 566 g/mol. The van der Waals surface area contributed by atoms with E-state index in [-0.39, 0.29) is 37.5 Å². The molecule has 0 bridgehead atoms. The summed E-state index contributed by atoms with van der Waals surface area (Å²) in [6.07, 6.45) is -5.76. The van der Waals surface area contributed by atoms with Gasteiger partial charge in [-0.15, -0.1) is 0 Å². The Morgan fingerprint density at radius 3 is 2.15 bits per heavy atom.